The Labute approximate surface area is 186 Å². The van der Waals surface area contributed by atoms with Crippen molar-refractivity contribution >= 4 is 29.8 Å². The van der Waals surface area contributed by atoms with Gasteiger partial charge in [-0.1, -0.05) is 30.3 Å². The molecular formula is C21H30N4O7. The summed E-state index contributed by atoms with van der Waals surface area (Å²) in [7, 11) is 0. The van der Waals surface area contributed by atoms with E-state index in [9.17, 15) is 24.0 Å². The number of nitrogens with one attached hydrogen (secondary N) is 2. The van der Waals surface area contributed by atoms with E-state index in [4.69, 9.17) is 20.9 Å². The average molecular weight is 450 g/mol. The van der Waals surface area contributed by atoms with Crippen LogP contribution in [0.2, 0.25) is 0 Å². The standard InChI is InChI=1S/C21H30N4O7/c1-21(2,3)32-20(30)25-14(9-10-16(22)26)19(29)24-15(18(23)28)11-17(27)31-12-13-7-5-4-6-8-13/h4-8,14-15H,9-12H2,1-3H3,(H2,22,26)(H2,23,28)(H,24,29)(H,25,30)/t14-,15+/m0/s1. The molecule has 11 heteroatoms. The number of ether oxygens (including phenoxy) is 2. The van der Waals surface area contributed by atoms with Gasteiger partial charge in [0.05, 0.1) is 6.42 Å². The Hall–Kier alpha value is -3.63. The van der Waals surface area contributed by atoms with Crippen molar-refractivity contribution in [2.45, 2.75) is 64.3 Å². The number of hydrogen-bond acceptors (Lipinski definition) is 7. The third-order valence-electron chi connectivity index (χ3n) is 3.96. The van der Waals surface area contributed by atoms with Crippen molar-refractivity contribution in [3.63, 3.8) is 0 Å². The second-order valence-corrected chi connectivity index (χ2v) is 8.02. The maximum Gasteiger partial charge on any atom is 0.408 e. The normalized spacial score (nSPS) is 12.7. The Morgan fingerprint density at radius 2 is 1.59 bits per heavy atom. The molecule has 0 aliphatic carbocycles. The lowest BCUT2D eigenvalue weighted by atomic mass is 10.1. The predicted molar refractivity (Wildman–Crippen MR) is 114 cm³/mol. The fraction of sp³-hybridized carbons (Fsp3) is 0.476. The first-order valence-electron chi connectivity index (χ1n) is 9.94. The highest BCUT2D eigenvalue weighted by atomic mass is 16.6. The Bertz CT molecular complexity index is 821. The van der Waals surface area contributed by atoms with Gasteiger partial charge in [-0.15, -0.1) is 0 Å². The average Bonchev–Trinajstić information content (AvgIpc) is 2.68. The van der Waals surface area contributed by atoms with Gasteiger partial charge in [0.2, 0.25) is 17.7 Å². The Kier molecular flexibility index (Phi) is 10.1. The summed E-state index contributed by atoms with van der Waals surface area (Å²) in [4.78, 5) is 59.7. The monoisotopic (exact) mass is 450 g/mol. The summed E-state index contributed by atoms with van der Waals surface area (Å²) >= 11 is 0. The van der Waals surface area contributed by atoms with Crippen LogP contribution >= 0.6 is 0 Å². The Balaban J connectivity index is 2.75. The molecule has 0 spiro atoms. The third kappa shape index (κ3) is 11.0. The molecule has 0 bridgehead atoms. The summed E-state index contributed by atoms with van der Waals surface area (Å²) in [6.45, 7) is 4.89. The quantitative estimate of drug-likeness (QED) is 0.349. The van der Waals surface area contributed by atoms with Crippen molar-refractivity contribution in [3.05, 3.63) is 35.9 Å². The largest absolute Gasteiger partial charge is 0.461 e. The second kappa shape index (κ2) is 12.3. The van der Waals surface area contributed by atoms with Crippen LogP contribution in [-0.4, -0.2) is 47.5 Å². The number of carbonyl (C=O) groups excluding carboxylic acids is 5. The second-order valence-electron chi connectivity index (χ2n) is 8.02. The lowest BCUT2D eigenvalue weighted by molar-refractivity contribution is -0.147. The van der Waals surface area contributed by atoms with E-state index in [0.29, 0.717) is 0 Å². The van der Waals surface area contributed by atoms with Crippen molar-refractivity contribution in [2.24, 2.45) is 11.5 Å². The molecule has 11 nitrogen and oxygen atoms in total. The van der Waals surface area contributed by atoms with Gasteiger partial charge in [-0.2, -0.15) is 0 Å². The zero-order chi connectivity index (χ0) is 24.3. The fourth-order valence-corrected chi connectivity index (χ4v) is 2.46. The maximum absolute atomic E-state index is 12.6. The van der Waals surface area contributed by atoms with Crippen LogP contribution in [0.4, 0.5) is 4.79 Å². The van der Waals surface area contributed by atoms with Crippen LogP contribution in [0.25, 0.3) is 0 Å². The minimum Gasteiger partial charge on any atom is -0.461 e. The van der Waals surface area contributed by atoms with Gasteiger partial charge in [0.1, 0.15) is 24.3 Å². The highest BCUT2D eigenvalue weighted by molar-refractivity contribution is 5.93. The highest BCUT2D eigenvalue weighted by Gasteiger charge is 2.29. The van der Waals surface area contributed by atoms with Crippen LogP contribution in [-0.2, 0) is 35.3 Å². The first-order valence-corrected chi connectivity index (χ1v) is 9.94. The molecule has 0 aliphatic heterocycles. The molecule has 4 amide bonds. The summed E-state index contributed by atoms with van der Waals surface area (Å²) in [6.07, 6.45) is -1.78. The fourth-order valence-electron chi connectivity index (χ4n) is 2.46. The molecule has 32 heavy (non-hydrogen) atoms. The third-order valence-corrected chi connectivity index (χ3v) is 3.96. The summed E-state index contributed by atoms with van der Waals surface area (Å²) in [6, 6.07) is 6.24. The molecular weight excluding hydrogens is 420 g/mol. The van der Waals surface area contributed by atoms with Crippen LogP contribution in [0.3, 0.4) is 0 Å². The van der Waals surface area contributed by atoms with Crippen LogP contribution in [0.5, 0.6) is 0 Å². The van der Waals surface area contributed by atoms with E-state index in [1.807, 2.05) is 6.07 Å². The SMILES string of the molecule is CC(C)(C)OC(=O)N[C@@H](CCC(N)=O)C(=O)N[C@H](CC(=O)OCc1ccccc1)C(N)=O. The van der Waals surface area contributed by atoms with Crippen LogP contribution in [0, 0.1) is 0 Å². The van der Waals surface area contributed by atoms with Crippen molar-refractivity contribution in [1.29, 1.82) is 0 Å². The lowest BCUT2D eigenvalue weighted by Crippen LogP contribution is -2.54. The van der Waals surface area contributed by atoms with Gasteiger partial charge < -0.3 is 31.6 Å². The van der Waals surface area contributed by atoms with E-state index in [1.165, 1.54) is 0 Å². The summed E-state index contributed by atoms with van der Waals surface area (Å²) in [5.41, 5.74) is 10.3. The van der Waals surface area contributed by atoms with E-state index in [-0.39, 0.29) is 19.4 Å². The number of amides is 4. The summed E-state index contributed by atoms with van der Waals surface area (Å²) in [5.74, 6) is -3.26. The summed E-state index contributed by atoms with van der Waals surface area (Å²) < 4.78 is 10.2. The number of primary amides is 2. The summed E-state index contributed by atoms with van der Waals surface area (Å²) in [5, 5.41) is 4.62. The maximum atomic E-state index is 12.6. The first-order chi connectivity index (χ1) is 14.9. The van der Waals surface area contributed by atoms with Crippen molar-refractivity contribution in [1.82, 2.24) is 10.6 Å². The number of esters is 1. The molecule has 0 aromatic heterocycles. The molecule has 176 valence electrons. The van der Waals surface area contributed by atoms with Gasteiger partial charge in [0.15, 0.2) is 0 Å². The molecule has 1 aromatic carbocycles. The molecule has 2 atom stereocenters. The van der Waals surface area contributed by atoms with Crippen LogP contribution < -0.4 is 22.1 Å². The minimum absolute atomic E-state index is 0.0134. The highest BCUT2D eigenvalue weighted by Crippen LogP contribution is 2.09. The topological polar surface area (TPSA) is 180 Å². The molecule has 0 heterocycles. The molecule has 0 unspecified atom stereocenters. The number of rotatable bonds is 11. The van der Waals surface area contributed by atoms with Crippen molar-refractivity contribution in [3.8, 4) is 0 Å². The molecule has 0 radical (unpaired) electrons. The van der Waals surface area contributed by atoms with E-state index < -0.39 is 53.9 Å². The van der Waals surface area contributed by atoms with Crippen molar-refractivity contribution < 1.29 is 33.4 Å². The van der Waals surface area contributed by atoms with Gasteiger partial charge in [0.25, 0.3) is 0 Å². The molecule has 0 saturated carbocycles. The van der Waals surface area contributed by atoms with E-state index in [1.54, 1.807) is 45.0 Å². The Morgan fingerprint density at radius 3 is 2.12 bits per heavy atom. The van der Waals surface area contributed by atoms with Gasteiger partial charge in [-0.25, -0.2) is 4.79 Å². The molecule has 1 rings (SSSR count). The molecule has 0 fully saturated rings. The van der Waals surface area contributed by atoms with Gasteiger partial charge in [-0.3, -0.25) is 19.2 Å². The van der Waals surface area contributed by atoms with Crippen LogP contribution in [0.1, 0.15) is 45.6 Å². The van der Waals surface area contributed by atoms with Gasteiger partial charge >= 0.3 is 12.1 Å². The van der Waals surface area contributed by atoms with Gasteiger partial charge in [0, 0.05) is 6.42 Å². The van der Waals surface area contributed by atoms with Crippen molar-refractivity contribution in [2.75, 3.05) is 0 Å². The smallest absolute Gasteiger partial charge is 0.408 e. The molecule has 0 aliphatic rings. The minimum atomic E-state index is -1.39. The van der Waals surface area contributed by atoms with E-state index in [2.05, 4.69) is 10.6 Å². The number of benzene rings is 1. The van der Waals surface area contributed by atoms with Crippen LogP contribution in [0.15, 0.2) is 30.3 Å². The molecule has 6 N–H and O–H groups in total. The number of alkyl carbamates (subject to hydrolysis) is 1. The van der Waals surface area contributed by atoms with Gasteiger partial charge in [-0.05, 0) is 32.8 Å². The number of carbonyl (C=O) groups is 5. The zero-order valence-corrected chi connectivity index (χ0v) is 18.4. The van der Waals surface area contributed by atoms with E-state index >= 15 is 0 Å². The van der Waals surface area contributed by atoms with E-state index in [0.717, 1.165) is 5.56 Å². The molecule has 1 aromatic rings. The predicted octanol–water partition coefficient (Wildman–Crippen LogP) is 0.249. The Morgan fingerprint density at radius 1 is 0.969 bits per heavy atom. The number of nitrogens with two attached hydrogens (primary N) is 2. The number of hydrogen-bond donors (Lipinski definition) is 4. The first kappa shape index (κ1) is 26.4. The zero-order valence-electron chi connectivity index (χ0n) is 18.4. The molecule has 0 saturated heterocycles. The lowest BCUT2D eigenvalue weighted by Gasteiger charge is -2.24.